The summed E-state index contributed by atoms with van der Waals surface area (Å²) in [6.07, 6.45) is 0.257. The molecule has 1 heterocycles. The average Bonchev–Trinajstić information content (AvgIpc) is 2.91. The Labute approximate surface area is 159 Å². The summed E-state index contributed by atoms with van der Waals surface area (Å²) >= 11 is 11.8. The van der Waals surface area contributed by atoms with Gasteiger partial charge < -0.3 is 15.4 Å². The maximum atomic E-state index is 11.7. The molecule has 1 aliphatic rings. The number of rotatable bonds is 8. The fourth-order valence-electron chi connectivity index (χ4n) is 2.19. The van der Waals surface area contributed by atoms with E-state index in [4.69, 9.17) is 27.9 Å². The second kappa shape index (κ2) is 9.40. The van der Waals surface area contributed by atoms with E-state index in [1.807, 2.05) is 0 Å². The molecule has 10 heteroatoms. The summed E-state index contributed by atoms with van der Waals surface area (Å²) < 4.78 is 4.85. The maximum Gasteiger partial charge on any atom is 0.324 e. The van der Waals surface area contributed by atoms with Crippen LogP contribution in [0.4, 0.5) is 4.79 Å². The highest BCUT2D eigenvalue weighted by Crippen LogP contribution is 2.20. The molecule has 0 aromatic heterocycles. The fraction of sp³-hybridized carbons (Fsp3) is 0.375. The molecule has 0 spiro atoms. The number of benzene rings is 1. The van der Waals surface area contributed by atoms with Gasteiger partial charge in [0.05, 0.1) is 6.54 Å². The van der Waals surface area contributed by atoms with E-state index < -0.39 is 24.5 Å². The number of urea groups is 1. The normalized spacial score (nSPS) is 13.5. The highest BCUT2D eigenvalue weighted by atomic mass is 35.5. The third kappa shape index (κ3) is 5.89. The van der Waals surface area contributed by atoms with Gasteiger partial charge >= 0.3 is 12.0 Å². The van der Waals surface area contributed by atoms with Gasteiger partial charge in [-0.05, 0) is 24.1 Å². The largest absolute Gasteiger partial charge is 0.456 e. The van der Waals surface area contributed by atoms with E-state index in [2.05, 4.69) is 10.6 Å². The van der Waals surface area contributed by atoms with Gasteiger partial charge in [0.1, 0.15) is 0 Å². The van der Waals surface area contributed by atoms with Gasteiger partial charge in [0.2, 0.25) is 5.91 Å². The summed E-state index contributed by atoms with van der Waals surface area (Å²) in [6.45, 7) is -0.145. The number of hydrogen-bond donors (Lipinski definition) is 2. The number of amides is 4. The molecule has 8 nitrogen and oxygen atoms in total. The molecular weight excluding hydrogens is 385 g/mol. The summed E-state index contributed by atoms with van der Waals surface area (Å²) in [6, 6.07) is 4.44. The smallest absolute Gasteiger partial charge is 0.324 e. The number of halogens is 2. The van der Waals surface area contributed by atoms with E-state index in [9.17, 15) is 19.2 Å². The molecule has 0 saturated carbocycles. The van der Waals surface area contributed by atoms with E-state index >= 15 is 0 Å². The van der Waals surface area contributed by atoms with Gasteiger partial charge in [0, 0.05) is 29.6 Å². The van der Waals surface area contributed by atoms with Crippen molar-refractivity contribution in [3.05, 3.63) is 33.8 Å². The lowest BCUT2D eigenvalue weighted by molar-refractivity contribution is -0.148. The zero-order valence-corrected chi connectivity index (χ0v) is 15.2. The summed E-state index contributed by atoms with van der Waals surface area (Å²) in [5, 5.41) is 5.88. The molecule has 0 atom stereocenters. The molecule has 1 fully saturated rings. The van der Waals surface area contributed by atoms with Gasteiger partial charge in [-0.1, -0.05) is 29.3 Å². The number of carbonyl (C=O) groups excluding carboxylic acids is 4. The Bertz CT molecular complexity index is 710. The zero-order valence-electron chi connectivity index (χ0n) is 13.7. The van der Waals surface area contributed by atoms with Crippen LogP contribution in [0.5, 0.6) is 0 Å². The molecular formula is C16H17Cl2N3O5. The molecule has 4 amide bonds. The lowest BCUT2D eigenvalue weighted by Gasteiger charge is -2.11. The van der Waals surface area contributed by atoms with Crippen molar-refractivity contribution in [3.8, 4) is 0 Å². The molecule has 26 heavy (non-hydrogen) atoms. The third-order valence-corrected chi connectivity index (χ3v) is 4.14. The Morgan fingerprint density at radius 3 is 2.69 bits per heavy atom. The SMILES string of the molecule is O=C(COC(=O)CCCN1C(=O)CNC1=O)NCc1ccc(Cl)cc1Cl. The minimum Gasteiger partial charge on any atom is -0.456 e. The predicted octanol–water partition coefficient (Wildman–Crippen LogP) is 1.48. The second-order valence-electron chi connectivity index (χ2n) is 5.48. The molecule has 0 bridgehead atoms. The van der Waals surface area contributed by atoms with Crippen LogP contribution in [0.2, 0.25) is 10.0 Å². The van der Waals surface area contributed by atoms with Crippen LogP contribution in [-0.4, -0.2) is 48.4 Å². The van der Waals surface area contributed by atoms with Gasteiger partial charge in [-0.3, -0.25) is 19.3 Å². The molecule has 0 radical (unpaired) electrons. The lowest BCUT2D eigenvalue weighted by atomic mass is 10.2. The van der Waals surface area contributed by atoms with Gasteiger partial charge in [-0.25, -0.2) is 4.79 Å². The van der Waals surface area contributed by atoms with Crippen LogP contribution in [0.25, 0.3) is 0 Å². The third-order valence-electron chi connectivity index (χ3n) is 3.56. The monoisotopic (exact) mass is 401 g/mol. The summed E-state index contributed by atoms with van der Waals surface area (Å²) in [5.74, 6) is -1.39. The first-order valence-corrected chi connectivity index (χ1v) is 8.57. The molecule has 1 aromatic carbocycles. The van der Waals surface area contributed by atoms with Crippen molar-refractivity contribution in [3.63, 3.8) is 0 Å². The number of nitrogens with zero attached hydrogens (tertiary/aromatic N) is 1. The number of esters is 1. The quantitative estimate of drug-likeness (QED) is 0.507. The van der Waals surface area contributed by atoms with E-state index in [0.717, 1.165) is 4.90 Å². The number of ether oxygens (including phenoxy) is 1. The Morgan fingerprint density at radius 1 is 1.27 bits per heavy atom. The molecule has 2 rings (SSSR count). The number of imide groups is 1. The van der Waals surface area contributed by atoms with Crippen LogP contribution in [0.1, 0.15) is 18.4 Å². The van der Waals surface area contributed by atoms with E-state index in [1.54, 1.807) is 18.2 Å². The van der Waals surface area contributed by atoms with Crippen molar-refractivity contribution in [2.45, 2.75) is 19.4 Å². The topological polar surface area (TPSA) is 105 Å². The fourth-order valence-corrected chi connectivity index (χ4v) is 2.67. The van der Waals surface area contributed by atoms with Crippen LogP contribution >= 0.6 is 23.2 Å². The van der Waals surface area contributed by atoms with Crippen molar-refractivity contribution in [2.24, 2.45) is 0 Å². The number of hydrogen-bond acceptors (Lipinski definition) is 5. The lowest BCUT2D eigenvalue weighted by Crippen LogP contribution is -2.32. The van der Waals surface area contributed by atoms with E-state index in [-0.39, 0.29) is 38.4 Å². The average molecular weight is 402 g/mol. The van der Waals surface area contributed by atoms with Crippen molar-refractivity contribution in [1.82, 2.24) is 15.5 Å². The van der Waals surface area contributed by atoms with Crippen molar-refractivity contribution in [2.75, 3.05) is 19.7 Å². The van der Waals surface area contributed by atoms with Crippen LogP contribution < -0.4 is 10.6 Å². The minimum absolute atomic E-state index is 0.00659. The van der Waals surface area contributed by atoms with Gasteiger partial charge in [-0.15, -0.1) is 0 Å². The predicted molar refractivity (Wildman–Crippen MR) is 93.6 cm³/mol. The standard InChI is InChI=1S/C16H17Cl2N3O5/c17-11-4-3-10(12(18)6-11)7-19-13(22)9-26-15(24)2-1-5-21-14(23)8-20-16(21)25/h3-4,6H,1-2,5,7-9H2,(H,19,22)(H,20,25). The van der Waals surface area contributed by atoms with Gasteiger partial charge in [0.15, 0.2) is 6.61 Å². The van der Waals surface area contributed by atoms with Crippen molar-refractivity contribution < 1.29 is 23.9 Å². The van der Waals surface area contributed by atoms with Crippen LogP contribution in [0, 0.1) is 0 Å². The van der Waals surface area contributed by atoms with Gasteiger partial charge in [-0.2, -0.15) is 0 Å². The minimum atomic E-state index is -0.586. The van der Waals surface area contributed by atoms with E-state index in [1.165, 1.54) is 0 Å². The second-order valence-corrected chi connectivity index (χ2v) is 6.32. The summed E-state index contributed by atoms with van der Waals surface area (Å²) in [4.78, 5) is 47.0. The number of carbonyl (C=O) groups is 4. The van der Waals surface area contributed by atoms with Gasteiger partial charge in [0.25, 0.3) is 5.91 Å². The van der Waals surface area contributed by atoms with Crippen LogP contribution in [0.3, 0.4) is 0 Å². The first kappa shape index (κ1) is 20.0. The summed E-state index contributed by atoms with van der Waals surface area (Å²) in [5.41, 5.74) is 0.685. The molecule has 0 aliphatic carbocycles. The molecule has 2 N–H and O–H groups in total. The zero-order chi connectivity index (χ0) is 19.1. The molecule has 1 aromatic rings. The summed E-state index contributed by atoms with van der Waals surface area (Å²) in [7, 11) is 0. The Balaban J connectivity index is 1.63. The first-order valence-electron chi connectivity index (χ1n) is 7.81. The maximum absolute atomic E-state index is 11.7. The van der Waals surface area contributed by atoms with Crippen LogP contribution in [-0.2, 0) is 25.7 Å². The Hall–Kier alpha value is -2.32. The molecule has 1 aliphatic heterocycles. The Morgan fingerprint density at radius 2 is 2.04 bits per heavy atom. The molecule has 0 unspecified atom stereocenters. The van der Waals surface area contributed by atoms with E-state index in [0.29, 0.717) is 15.6 Å². The first-order chi connectivity index (χ1) is 12.4. The van der Waals surface area contributed by atoms with Crippen LogP contribution in [0.15, 0.2) is 18.2 Å². The number of nitrogens with one attached hydrogen (secondary N) is 2. The molecule has 140 valence electrons. The van der Waals surface area contributed by atoms with Crippen molar-refractivity contribution >= 4 is 47.0 Å². The highest BCUT2D eigenvalue weighted by Gasteiger charge is 2.27. The van der Waals surface area contributed by atoms with Crippen molar-refractivity contribution in [1.29, 1.82) is 0 Å². The Kier molecular flexibility index (Phi) is 7.23. The highest BCUT2D eigenvalue weighted by molar-refractivity contribution is 6.35. The molecule has 1 saturated heterocycles.